The molecule has 0 saturated heterocycles. The van der Waals surface area contributed by atoms with E-state index in [0.717, 1.165) is 5.56 Å². The van der Waals surface area contributed by atoms with E-state index in [9.17, 15) is 24.5 Å². The first kappa shape index (κ1) is 21.5. The van der Waals surface area contributed by atoms with Crippen molar-refractivity contribution in [3.05, 3.63) is 70.3 Å². The standard InChI is InChI=1S/C20H21N3O6/c1-13(20(26)22-16-10-6-7-11-18(16)23(27)28)29-19(25)12-17(21-14(2)24)15-8-4-3-5-9-15/h3-11,13,17H,12H2,1-2H3,(H,21,24)(H,22,26)/t13-,17+/m0/s1. The number of anilines is 1. The molecule has 2 amide bonds. The van der Waals surface area contributed by atoms with Crippen molar-refractivity contribution in [2.75, 3.05) is 5.32 Å². The first-order valence-electron chi connectivity index (χ1n) is 8.83. The minimum Gasteiger partial charge on any atom is -0.452 e. The van der Waals surface area contributed by atoms with Crippen molar-refractivity contribution in [2.45, 2.75) is 32.4 Å². The molecule has 29 heavy (non-hydrogen) atoms. The summed E-state index contributed by atoms with van der Waals surface area (Å²) in [4.78, 5) is 46.4. The SMILES string of the molecule is CC(=O)N[C@H](CC(=O)O[C@@H](C)C(=O)Nc1ccccc1[N+](=O)[O-])c1ccccc1. The molecule has 0 aliphatic heterocycles. The van der Waals surface area contributed by atoms with Gasteiger partial charge in [0.2, 0.25) is 5.91 Å². The van der Waals surface area contributed by atoms with Crippen LogP contribution in [0.5, 0.6) is 0 Å². The number of esters is 1. The van der Waals surface area contributed by atoms with Gasteiger partial charge in [0.25, 0.3) is 11.6 Å². The first-order valence-corrected chi connectivity index (χ1v) is 8.83. The Morgan fingerprint density at radius 2 is 1.69 bits per heavy atom. The van der Waals surface area contributed by atoms with Crippen molar-refractivity contribution < 1.29 is 24.0 Å². The number of carbonyl (C=O) groups is 3. The molecule has 9 heteroatoms. The number of ether oxygens (including phenoxy) is 1. The zero-order valence-corrected chi connectivity index (χ0v) is 16.0. The zero-order valence-electron chi connectivity index (χ0n) is 16.0. The van der Waals surface area contributed by atoms with Crippen molar-refractivity contribution in [1.29, 1.82) is 0 Å². The number of carbonyl (C=O) groups excluding carboxylic acids is 3. The lowest BCUT2D eigenvalue weighted by Crippen LogP contribution is -2.33. The molecule has 0 unspecified atom stereocenters. The second-order valence-electron chi connectivity index (χ2n) is 6.26. The van der Waals surface area contributed by atoms with Gasteiger partial charge in [0.1, 0.15) is 5.69 Å². The molecule has 0 fully saturated rings. The van der Waals surface area contributed by atoms with Crippen LogP contribution in [0.25, 0.3) is 0 Å². The molecule has 2 rings (SSSR count). The number of nitrogens with one attached hydrogen (secondary N) is 2. The van der Waals surface area contributed by atoms with Crippen LogP contribution >= 0.6 is 0 Å². The molecule has 0 aliphatic rings. The molecule has 2 aromatic carbocycles. The number of hydrogen-bond acceptors (Lipinski definition) is 6. The molecular formula is C20H21N3O6. The van der Waals surface area contributed by atoms with Crippen molar-refractivity contribution in [3.8, 4) is 0 Å². The van der Waals surface area contributed by atoms with E-state index in [1.165, 1.54) is 38.1 Å². The molecule has 0 aromatic heterocycles. The quantitative estimate of drug-likeness (QED) is 0.399. The van der Waals surface area contributed by atoms with Gasteiger partial charge in [-0.1, -0.05) is 42.5 Å². The number of amides is 2. The van der Waals surface area contributed by atoms with E-state index in [1.807, 2.05) is 6.07 Å². The summed E-state index contributed by atoms with van der Waals surface area (Å²) in [5.74, 6) is -1.71. The Labute approximate surface area is 167 Å². The average Bonchev–Trinajstić information content (AvgIpc) is 2.68. The molecule has 0 aliphatic carbocycles. The molecule has 9 nitrogen and oxygen atoms in total. The highest BCUT2D eigenvalue weighted by atomic mass is 16.6. The van der Waals surface area contributed by atoms with Gasteiger partial charge >= 0.3 is 5.97 Å². The summed E-state index contributed by atoms with van der Waals surface area (Å²) in [6.07, 6.45) is -1.36. The normalized spacial score (nSPS) is 12.3. The second-order valence-corrected chi connectivity index (χ2v) is 6.26. The largest absolute Gasteiger partial charge is 0.452 e. The van der Waals surface area contributed by atoms with Crippen LogP contribution in [0.15, 0.2) is 54.6 Å². The molecular weight excluding hydrogens is 378 g/mol. The summed E-state index contributed by atoms with van der Waals surface area (Å²) in [6, 6.07) is 13.9. The summed E-state index contributed by atoms with van der Waals surface area (Å²) in [6.45, 7) is 2.70. The number of benzene rings is 2. The summed E-state index contributed by atoms with van der Waals surface area (Å²) in [5, 5.41) is 16.1. The number of nitro groups is 1. The molecule has 152 valence electrons. The Bertz CT molecular complexity index is 900. The van der Waals surface area contributed by atoms with E-state index in [0.29, 0.717) is 0 Å². The van der Waals surface area contributed by atoms with E-state index in [-0.39, 0.29) is 23.7 Å². The number of rotatable bonds is 8. The number of nitrogens with zero attached hydrogens (tertiary/aromatic N) is 1. The summed E-state index contributed by atoms with van der Waals surface area (Å²) < 4.78 is 5.15. The highest BCUT2D eigenvalue weighted by molar-refractivity contribution is 5.96. The van der Waals surface area contributed by atoms with Gasteiger partial charge in [-0.3, -0.25) is 24.5 Å². The zero-order chi connectivity index (χ0) is 21.4. The van der Waals surface area contributed by atoms with Crippen molar-refractivity contribution in [1.82, 2.24) is 5.32 Å². The predicted molar refractivity (Wildman–Crippen MR) is 105 cm³/mol. The molecule has 0 radical (unpaired) electrons. The minimum absolute atomic E-state index is 0.00538. The van der Waals surface area contributed by atoms with E-state index >= 15 is 0 Å². The first-order chi connectivity index (χ1) is 13.8. The molecule has 0 heterocycles. The Balaban J connectivity index is 2.01. The summed E-state index contributed by atoms with van der Waals surface area (Å²) in [5.41, 5.74) is 0.455. The monoisotopic (exact) mass is 399 g/mol. The lowest BCUT2D eigenvalue weighted by Gasteiger charge is -2.19. The van der Waals surface area contributed by atoms with Crippen LogP contribution in [0.3, 0.4) is 0 Å². The smallest absolute Gasteiger partial charge is 0.309 e. The number of para-hydroxylation sites is 2. The van der Waals surface area contributed by atoms with Gasteiger partial charge in [0.05, 0.1) is 17.4 Å². The van der Waals surface area contributed by atoms with Crippen LogP contribution in [0.1, 0.15) is 31.9 Å². The second kappa shape index (κ2) is 9.98. The van der Waals surface area contributed by atoms with Crippen molar-refractivity contribution >= 4 is 29.2 Å². The molecule has 0 spiro atoms. The number of hydrogen-bond donors (Lipinski definition) is 2. The Hall–Kier alpha value is -3.75. The topological polar surface area (TPSA) is 128 Å². The third-order valence-electron chi connectivity index (χ3n) is 3.99. The van der Waals surface area contributed by atoms with Gasteiger partial charge in [0.15, 0.2) is 6.10 Å². The molecule has 2 atom stereocenters. The lowest BCUT2D eigenvalue weighted by molar-refractivity contribution is -0.383. The molecule has 2 aromatic rings. The van der Waals surface area contributed by atoms with Crippen LogP contribution in [0, 0.1) is 10.1 Å². The fraction of sp³-hybridized carbons (Fsp3) is 0.250. The van der Waals surface area contributed by atoms with E-state index in [1.54, 1.807) is 24.3 Å². The van der Waals surface area contributed by atoms with Crippen LogP contribution < -0.4 is 10.6 Å². The Kier molecular flexibility index (Phi) is 7.41. The van der Waals surface area contributed by atoms with Crippen molar-refractivity contribution in [3.63, 3.8) is 0 Å². The fourth-order valence-corrected chi connectivity index (χ4v) is 2.62. The number of nitro benzene ring substituents is 1. The Morgan fingerprint density at radius 1 is 1.07 bits per heavy atom. The minimum atomic E-state index is -1.18. The summed E-state index contributed by atoms with van der Waals surface area (Å²) >= 11 is 0. The van der Waals surface area contributed by atoms with Crippen LogP contribution in [0.2, 0.25) is 0 Å². The van der Waals surface area contributed by atoms with Gasteiger partial charge < -0.3 is 15.4 Å². The maximum Gasteiger partial charge on any atom is 0.309 e. The summed E-state index contributed by atoms with van der Waals surface area (Å²) in [7, 11) is 0. The lowest BCUT2D eigenvalue weighted by atomic mass is 10.0. The maximum absolute atomic E-state index is 12.3. The maximum atomic E-state index is 12.3. The average molecular weight is 399 g/mol. The van der Waals surface area contributed by atoms with Crippen molar-refractivity contribution in [2.24, 2.45) is 0 Å². The van der Waals surface area contributed by atoms with Gasteiger partial charge in [-0.15, -0.1) is 0 Å². The van der Waals surface area contributed by atoms with E-state index in [2.05, 4.69) is 10.6 Å². The molecule has 0 saturated carbocycles. The molecule has 0 bridgehead atoms. The molecule has 2 N–H and O–H groups in total. The highest BCUT2D eigenvalue weighted by Crippen LogP contribution is 2.23. The van der Waals surface area contributed by atoms with Gasteiger partial charge in [0, 0.05) is 13.0 Å². The third kappa shape index (κ3) is 6.42. The highest BCUT2D eigenvalue weighted by Gasteiger charge is 2.24. The van der Waals surface area contributed by atoms with Crippen LogP contribution in [-0.4, -0.2) is 28.8 Å². The fourth-order valence-electron chi connectivity index (χ4n) is 2.62. The van der Waals surface area contributed by atoms with Gasteiger partial charge in [-0.2, -0.15) is 0 Å². The van der Waals surface area contributed by atoms with Crippen LogP contribution in [-0.2, 0) is 19.1 Å². The predicted octanol–water partition coefficient (Wildman–Crippen LogP) is 2.73. The third-order valence-corrected chi connectivity index (χ3v) is 3.99. The van der Waals surface area contributed by atoms with Gasteiger partial charge in [-0.05, 0) is 18.6 Å². The van der Waals surface area contributed by atoms with E-state index in [4.69, 9.17) is 4.74 Å². The van der Waals surface area contributed by atoms with Crippen LogP contribution in [0.4, 0.5) is 11.4 Å². The van der Waals surface area contributed by atoms with Gasteiger partial charge in [-0.25, -0.2) is 0 Å². The van der Waals surface area contributed by atoms with E-state index < -0.39 is 28.9 Å². The Morgan fingerprint density at radius 3 is 2.31 bits per heavy atom.